The van der Waals surface area contributed by atoms with E-state index in [0.717, 1.165) is 32.1 Å². The second kappa shape index (κ2) is 11.1. The number of hydrogen-bond donors (Lipinski definition) is 2. The number of carbonyl (C=O) groups is 1. The summed E-state index contributed by atoms with van der Waals surface area (Å²) >= 11 is 0. The summed E-state index contributed by atoms with van der Waals surface area (Å²) in [5.74, 6) is -0.627. The van der Waals surface area contributed by atoms with Crippen molar-refractivity contribution in [2.75, 3.05) is 51.1 Å². The van der Waals surface area contributed by atoms with Gasteiger partial charge in [-0.05, 0) is 31.0 Å². The van der Waals surface area contributed by atoms with Gasteiger partial charge in [-0.15, -0.1) is 0 Å². The summed E-state index contributed by atoms with van der Waals surface area (Å²) in [6.07, 6.45) is -7.40. The molecule has 5 fully saturated rings. The monoisotopic (exact) mass is 608 g/mol. The fourth-order valence-electron chi connectivity index (χ4n) is 6.53. The van der Waals surface area contributed by atoms with Crippen molar-refractivity contribution in [3.8, 4) is 0 Å². The molecule has 42 heavy (non-hydrogen) atoms. The second-order valence-corrected chi connectivity index (χ2v) is 11.8. The number of rotatable bonds is 4. The van der Waals surface area contributed by atoms with Gasteiger partial charge in [-0.1, -0.05) is 6.42 Å². The fourth-order valence-corrected chi connectivity index (χ4v) is 6.53. The molecule has 1 unspecified atom stereocenters. The Balaban J connectivity index is 0.949. The van der Waals surface area contributed by atoms with E-state index in [4.69, 9.17) is 14.2 Å². The summed E-state index contributed by atoms with van der Waals surface area (Å²) in [4.78, 5) is 18.3. The van der Waals surface area contributed by atoms with Gasteiger partial charge in [0.2, 0.25) is 0 Å². The Morgan fingerprint density at radius 3 is 2.12 bits per heavy atom. The molecule has 234 valence electrons. The molecule has 1 aromatic rings. The second-order valence-electron chi connectivity index (χ2n) is 11.8. The van der Waals surface area contributed by atoms with Crippen molar-refractivity contribution < 1.29 is 50.5 Å². The van der Waals surface area contributed by atoms with Crippen molar-refractivity contribution in [1.29, 1.82) is 0 Å². The van der Waals surface area contributed by atoms with Gasteiger partial charge in [-0.3, -0.25) is 9.80 Å². The predicted molar refractivity (Wildman–Crippen MR) is 135 cm³/mol. The molecule has 4 saturated heterocycles. The third-order valence-corrected chi connectivity index (χ3v) is 8.94. The first-order chi connectivity index (χ1) is 19.8. The molecule has 15 heteroatoms. The van der Waals surface area contributed by atoms with E-state index in [0.29, 0.717) is 57.9 Å². The highest BCUT2D eigenvalue weighted by atomic mass is 19.4. The quantitative estimate of drug-likeness (QED) is 0.505. The normalized spacial score (nSPS) is 30.9. The molecule has 6 rings (SSSR count). The van der Waals surface area contributed by atoms with Gasteiger partial charge in [0.05, 0.1) is 11.1 Å². The van der Waals surface area contributed by atoms with Gasteiger partial charge in [-0.25, -0.2) is 4.79 Å². The number of fused-ring (bicyclic) bond motifs is 1. The van der Waals surface area contributed by atoms with Gasteiger partial charge in [0.1, 0.15) is 18.3 Å². The first kappa shape index (κ1) is 29.9. The maximum absolute atomic E-state index is 13.1. The lowest BCUT2D eigenvalue weighted by molar-refractivity contribution is -0.247. The molecule has 1 aliphatic carbocycles. The number of nitrogens with one attached hydrogen (secondary N) is 1. The van der Waals surface area contributed by atoms with Crippen LogP contribution in [0, 0.1) is 0 Å². The maximum Gasteiger partial charge on any atom is 0.416 e. The highest BCUT2D eigenvalue weighted by Gasteiger charge is 2.57. The van der Waals surface area contributed by atoms with Crippen LogP contribution in [0.25, 0.3) is 0 Å². The lowest BCUT2D eigenvalue weighted by Crippen LogP contribution is -2.65. The number of urea groups is 1. The number of amides is 2. The Labute approximate surface area is 238 Å². The number of hydrogen-bond acceptors (Lipinski definition) is 7. The molecule has 0 bridgehead atoms. The van der Waals surface area contributed by atoms with E-state index in [-0.39, 0.29) is 12.1 Å². The number of alkyl halides is 6. The third kappa shape index (κ3) is 6.09. The summed E-state index contributed by atoms with van der Waals surface area (Å²) < 4.78 is 97.0. The topological polar surface area (TPSA) is 86.7 Å². The van der Waals surface area contributed by atoms with E-state index in [1.165, 1.54) is 4.90 Å². The first-order valence-corrected chi connectivity index (χ1v) is 14.3. The van der Waals surface area contributed by atoms with Crippen LogP contribution in [-0.2, 0) is 26.6 Å². The van der Waals surface area contributed by atoms with Crippen molar-refractivity contribution >= 4 is 11.7 Å². The molecular weight excluding hydrogens is 574 g/mol. The van der Waals surface area contributed by atoms with Crippen LogP contribution < -0.4 is 5.32 Å². The van der Waals surface area contributed by atoms with Crippen LogP contribution in [0.15, 0.2) is 18.2 Å². The standard InChI is InChI=1S/C27H34F6N4O5/c28-26(29,30)16-10-17(27(31,32)33)12-18(11-16)34-24(39)37-13-19(14-37)36-8-6-35(7-9-36)15-20-21(38)22-23(40-20)42-25(41-22)4-2-1-3-5-25/h10-12,19-23,38H,1-9,13-15H2,(H,34,39)/t20-,21+,22?,23-/m0/s1. The molecule has 5 aliphatic rings. The number of halogens is 6. The van der Waals surface area contributed by atoms with E-state index in [9.17, 15) is 36.2 Å². The number of aliphatic hydroxyl groups is 1. The molecule has 1 aromatic carbocycles. The molecule has 1 spiro atoms. The molecular formula is C27H34F6N4O5. The van der Waals surface area contributed by atoms with Gasteiger partial charge in [0, 0.05) is 70.4 Å². The average Bonchev–Trinajstić information content (AvgIpc) is 3.37. The van der Waals surface area contributed by atoms with Crippen LogP contribution in [0.5, 0.6) is 0 Å². The summed E-state index contributed by atoms with van der Waals surface area (Å²) in [5, 5.41) is 13.0. The molecule has 4 aliphatic heterocycles. The largest absolute Gasteiger partial charge is 0.416 e. The van der Waals surface area contributed by atoms with Crippen molar-refractivity contribution in [1.82, 2.24) is 14.7 Å². The van der Waals surface area contributed by atoms with Gasteiger partial charge >= 0.3 is 18.4 Å². The summed E-state index contributed by atoms with van der Waals surface area (Å²) in [6, 6.07) is 0.289. The third-order valence-electron chi connectivity index (χ3n) is 8.94. The van der Waals surface area contributed by atoms with Crippen LogP contribution in [0.1, 0.15) is 43.2 Å². The van der Waals surface area contributed by atoms with E-state index in [2.05, 4.69) is 15.1 Å². The zero-order chi connectivity index (χ0) is 29.9. The Kier molecular flexibility index (Phi) is 7.88. The van der Waals surface area contributed by atoms with Crippen LogP contribution in [-0.4, -0.2) is 108 Å². The zero-order valence-electron chi connectivity index (χ0n) is 22.8. The van der Waals surface area contributed by atoms with Crippen LogP contribution in [0.3, 0.4) is 0 Å². The number of nitrogens with zero attached hydrogens (tertiary/aromatic N) is 3. The Bertz CT molecular complexity index is 1120. The number of carbonyl (C=O) groups excluding carboxylic acids is 1. The minimum Gasteiger partial charge on any atom is -0.387 e. The molecule has 1 saturated carbocycles. The minimum atomic E-state index is -5.00. The summed E-state index contributed by atoms with van der Waals surface area (Å²) in [5.41, 5.74) is -3.54. The summed E-state index contributed by atoms with van der Waals surface area (Å²) in [6.45, 7) is 3.96. The lowest BCUT2D eigenvalue weighted by Gasteiger charge is -2.48. The van der Waals surface area contributed by atoms with Crippen LogP contribution in [0.2, 0.25) is 0 Å². The summed E-state index contributed by atoms with van der Waals surface area (Å²) in [7, 11) is 0. The molecule has 2 amide bonds. The van der Waals surface area contributed by atoms with Gasteiger partial charge < -0.3 is 29.5 Å². The molecule has 9 nitrogen and oxygen atoms in total. The number of aliphatic hydroxyl groups excluding tert-OH is 1. The smallest absolute Gasteiger partial charge is 0.387 e. The van der Waals surface area contributed by atoms with Crippen molar-refractivity contribution in [2.24, 2.45) is 0 Å². The Morgan fingerprint density at radius 2 is 1.55 bits per heavy atom. The van der Waals surface area contributed by atoms with Crippen molar-refractivity contribution in [3.05, 3.63) is 29.3 Å². The predicted octanol–water partition coefficient (Wildman–Crippen LogP) is 3.72. The molecule has 0 radical (unpaired) electrons. The SMILES string of the molecule is O=C(Nc1cc(C(F)(F)F)cc(C(F)(F)F)c1)N1CC(N2CCN(C[C@@H]3O[C@H]4OC5(CCCCC5)OC4[C@@H]3O)CC2)C1. The maximum atomic E-state index is 13.1. The number of likely N-dealkylation sites (tertiary alicyclic amines) is 1. The van der Waals surface area contributed by atoms with E-state index < -0.39 is 65.6 Å². The van der Waals surface area contributed by atoms with Gasteiger partial charge in [0.15, 0.2) is 12.1 Å². The fraction of sp³-hybridized carbons (Fsp3) is 0.741. The van der Waals surface area contributed by atoms with Gasteiger partial charge in [0.25, 0.3) is 0 Å². The first-order valence-electron chi connectivity index (χ1n) is 14.3. The van der Waals surface area contributed by atoms with Crippen LogP contribution >= 0.6 is 0 Å². The Hall–Kier alpha value is -2.17. The molecule has 2 N–H and O–H groups in total. The number of anilines is 1. The molecule has 4 atom stereocenters. The zero-order valence-corrected chi connectivity index (χ0v) is 22.8. The van der Waals surface area contributed by atoms with Crippen LogP contribution in [0.4, 0.5) is 36.8 Å². The number of ether oxygens (including phenoxy) is 3. The Morgan fingerprint density at radius 1 is 0.929 bits per heavy atom. The van der Waals surface area contributed by atoms with E-state index in [1.54, 1.807) is 0 Å². The van der Waals surface area contributed by atoms with Crippen molar-refractivity contribution in [2.45, 2.75) is 80.9 Å². The molecule has 4 heterocycles. The van der Waals surface area contributed by atoms with E-state index in [1.807, 2.05) is 0 Å². The molecule has 0 aromatic heterocycles. The number of benzene rings is 1. The van der Waals surface area contributed by atoms with E-state index >= 15 is 0 Å². The highest BCUT2D eigenvalue weighted by Crippen LogP contribution is 2.45. The number of piperazine rings is 1. The van der Waals surface area contributed by atoms with Crippen molar-refractivity contribution in [3.63, 3.8) is 0 Å². The van der Waals surface area contributed by atoms with Gasteiger partial charge in [-0.2, -0.15) is 26.3 Å². The minimum absolute atomic E-state index is 0.0221. The average molecular weight is 609 g/mol. The lowest BCUT2D eigenvalue weighted by atomic mass is 9.94. The highest BCUT2D eigenvalue weighted by molar-refractivity contribution is 5.90.